The van der Waals surface area contributed by atoms with Crippen molar-refractivity contribution in [2.45, 2.75) is 25.4 Å². The topological polar surface area (TPSA) is 20.2 Å². The van der Waals surface area contributed by atoms with Crippen molar-refractivity contribution in [2.75, 3.05) is 6.16 Å². The van der Waals surface area contributed by atoms with Gasteiger partial charge in [0.25, 0.3) is 0 Å². The van der Waals surface area contributed by atoms with Crippen LogP contribution in [0.3, 0.4) is 0 Å². The van der Waals surface area contributed by atoms with Crippen LogP contribution in [0.25, 0.3) is 0 Å². The molecule has 1 nitrogen and oxygen atoms in total. The van der Waals surface area contributed by atoms with Gasteiger partial charge in [-0.1, -0.05) is 18.2 Å². The number of hydrogen-bond donors (Lipinski definition) is 1. The summed E-state index contributed by atoms with van der Waals surface area (Å²) in [6.07, 6.45) is 10.1. The van der Waals surface area contributed by atoms with Crippen molar-refractivity contribution in [3.63, 3.8) is 0 Å². The summed E-state index contributed by atoms with van der Waals surface area (Å²) in [7, 11) is 2.63. The van der Waals surface area contributed by atoms with Gasteiger partial charge in [0, 0.05) is 0 Å². The minimum Gasteiger partial charge on any atom is -0.388 e. The normalized spacial score (nSPS) is 19.6. The number of aliphatic hydroxyl groups excluding tert-OH is 1. The smallest absolute Gasteiger partial charge is 0.0790 e. The summed E-state index contributed by atoms with van der Waals surface area (Å²) in [6.45, 7) is 0. The molecule has 0 fully saturated rings. The quantitative estimate of drug-likeness (QED) is 0.641. The largest absolute Gasteiger partial charge is 0.388 e. The molecule has 1 rings (SSSR count). The first-order chi connectivity index (χ1) is 5.34. The molecule has 0 aromatic heterocycles. The second-order valence-corrected chi connectivity index (χ2v) is 3.35. The summed E-state index contributed by atoms with van der Waals surface area (Å²) in [6, 6.07) is 0. The van der Waals surface area contributed by atoms with Gasteiger partial charge in [-0.3, -0.25) is 0 Å². The van der Waals surface area contributed by atoms with Crippen LogP contribution in [-0.4, -0.2) is 17.4 Å². The SMILES string of the molecule is OC(CCP)C1=CCCC=C1. The van der Waals surface area contributed by atoms with Gasteiger partial charge >= 0.3 is 0 Å². The number of rotatable bonds is 3. The fraction of sp³-hybridized carbons (Fsp3) is 0.556. The maximum Gasteiger partial charge on any atom is 0.0790 e. The van der Waals surface area contributed by atoms with E-state index in [4.69, 9.17) is 0 Å². The molecule has 62 valence electrons. The van der Waals surface area contributed by atoms with Gasteiger partial charge in [-0.05, 0) is 31.0 Å². The molecule has 1 aliphatic rings. The summed E-state index contributed by atoms with van der Waals surface area (Å²) in [4.78, 5) is 0. The molecule has 2 heteroatoms. The Kier molecular flexibility index (Phi) is 3.82. The Morgan fingerprint density at radius 2 is 2.36 bits per heavy atom. The highest BCUT2D eigenvalue weighted by molar-refractivity contribution is 7.16. The van der Waals surface area contributed by atoms with E-state index < -0.39 is 0 Å². The fourth-order valence-corrected chi connectivity index (χ4v) is 1.52. The van der Waals surface area contributed by atoms with Crippen molar-refractivity contribution in [3.05, 3.63) is 23.8 Å². The molecular formula is C9H15OP. The molecule has 0 radical (unpaired) electrons. The van der Waals surface area contributed by atoms with Gasteiger partial charge in [0.1, 0.15) is 0 Å². The third-order valence-electron chi connectivity index (χ3n) is 1.85. The molecule has 0 heterocycles. The molecule has 1 aliphatic carbocycles. The summed E-state index contributed by atoms with van der Waals surface area (Å²) in [5.41, 5.74) is 1.10. The van der Waals surface area contributed by atoms with Crippen molar-refractivity contribution in [2.24, 2.45) is 0 Å². The minimum atomic E-state index is -0.246. The van der Waals surface area contributed by atoms with Crippen molar-refractivity contribution < 1.29 is 5.11 Å². The van der Waals surface area contributed by atoms with Gasteiger partial charge in [0.2, 0.25) is 0 Å². The van der Waals surface area contributed by atoms with Crippen LogP contribution in [0.2, 0.25) is 0 Å². The van der Waals surface area contributed by atoms with E-state index in [2.05, 4.69) is 21.4 Å². The highest BCUT2D eigenvalue weighted by atomic mass is 31.0. The molecule has 2 atom stereocenters. The van der Waals surface area contributed by atoms with Gasteiger partial charge in [0.15, 0.2) is 0 Å². The lowest BCUT2D eigenvalue weighted by Gasteiger charge is -2.12. The first-order valence-electron chi connectivity index (χ1n) is 4.09. The Hall–Kier alpha value is -0.130. The molecule has 0 bridgehead atoms. The maximum atomic E-state index is 9.54. The van der Waals surface area contributed by atoms with Gasteiger partial charge < -0.3 is 5.11 Å². The molecule has 0 amide bonds. The molecule has 0 aliphatic heterocycles. The molecule has 11 heavy (non-hydrogen) atoms. The van der Waals surface area contributed by atoms with Crippen LogP contribution in [0, 0.1) is 0 Å². The highest BCUT2D eigenvalue weighted by Gasteiger charge is 2.07. The van der Waals surface area contributed by atoms with E-state index in [0.717, 1.165) is 31.0 Å². The van der Waals surface area contributed by atoms with E-state index in [1.165, 1.54) is 0 Å². The predicted octanol–water partition coefficient (Wildman–Crippen LogP) is 1.89. The van der Waals surface area contributed by atoms with Crippen LogP contribution in [0.1, 0.15) is 19.3 Å². The van der Waals surface area contributed by atoms with Crippen LogP contribution in [0.15, 0.2) is 23.8 Å². The minimum absolute atomic E-state index is 0.246. The molecular weight excluding hydrogens is 155 g/mol. The summed E-state index contributed by atoms with van der Waals surface area (Å²) in [5, 5.41) is 9.54. The van der Waals surface area contributed by atoms with Gasteiger partial charge in [-0.25, -0.2) is 0 Å². The van der Waals surface area contributed by atoms with Crippen LogP contribution in [0.4, 0.5) is 0 Å². The van der Waals surface area contributed by atoms with E-state index in [1.54, 1.807) is 0 Å². The molecule has 1 N–H and O–H groups in total. The average Bonchev–Trinajstić information content (AvgIpc) is 2.07. The molecule has 0 aromatic carbocycles. The van der Waals surface area contributed by atoms with Gasteiger partial charge in [-0.2, -0.15) is 0 Å². The lowest BCUT2D eigenvalue weighted by atomic mass is 10.0. The van der Waals surface area contributed by atoms with Crippen molar-refractivity contribution >= 4 is 9.24 Å². The zero-order chi connectivity index (χ0) is 8.10. The van der Waals surface area contributed by atoms with E-state index >= 15 is 0 Å². The van der Waals surface area contributed by atoms with Crippen LogP contribution >= 0.6 is 9.24 Å². The summed E-state index contributed by atoms with van der Waals surface area (Å²) in [5.74, 6) is 0. The van der Waals surface area contributed by atoms with Gasteiger partial charge in [-0.15, -0.1) is 9.24 Å². The molecule has 0 spiro atoms. The fourth-order valence-electron chi connectivity index (χ4n) is 1.21. The lowest BCUT2D eigenvalue weighted by Crippen LogP contribution is -2.10. The van der Waals surface area contributed by atoms with E-state index in [-0.39, 0.29) is 6.10 Å². The van der Waals surface area contributed by atoms with Crippen molar-refractivity contribution in [1.82, 2.24) is 0 Å². The maximum absolute atomic E-state index is 9.54. The number of hydrogen-bond acceptors (Lipinski definition) is 1. The zero-order valence-corrected chi connectivity index (χ0v) is 7.82. The van der Waals surface area contributed by atoms with E-state index in [0.29, 0.717) is 0 Å². The Labute approximate surface area is 70.4 Å². The monoisotopic (exact) mass is 170 g/mol. The van der Waals surface area contributed by atoms with E-state index in [1.807, 2.05) is 6.08 Å². The Morgan fingerprint density at radius 1 is 1.55 bits per heavy atom. The van der Waals surface area contributed by atoms with Crippen molar-refractivity contribution in [3.8, 4) is 0 Å². The summed E-state index contributed by atoms with van der Waals surface area (Å²) >= 11 is 0. The Morgan fingerprint density at radius 3 is 2.91 bits per heavy atom. The third kappa shape index (κ3) is 2.76. The van der Waals surface area contributed by atoms with Crippen molar-refractivity contribution in [1.29, 1.82) is 0 Å². The molecule has 0 saturated heterocycles. The van der Waals surface area contributed by atoms with E-state index in [9.17, 15) is 5.11 Å². The lowest BCUT2D eigenvalue weighted by molar-refractivity contribution is 0.211. The Bertz CT molecular complexity index is 172. The highest BCUT2D eigenvalue weighted by Crippen LogP contribution is 2.15. The summed E-state index contributed by atoms with van der Waals surface area (Å²) < 4.78 is 0. The zero-order valence-electron chi connectivity index (χ0n) is 6.66. The predicted molar refractivity (Wildman–Crippen MR) is 51.7 cm³/mol. The number of allylic oxidation sites excluding steroid dienone is 2. The first kappa shape index (κ1) is 8.96. The standard InChI is InChI=1S/C9H15OP/c10-9(6-7-11)8-4-2-1-3-5-8/h2,4-5,9-10H,1,3,6-7,11H2. The van der Waals surface area contributed by atoms with Crippen LogP contribution < -0.4 is 0 Å². The molecule has 0 saturated carbocycles. The van der Waals surface area contributed by atoms with Gasteiger partial charge in [0.05, 0.1) is 6.10 Å². The Balaban J connectivity index is 2.45. The number of aliphatic hydroxyl groups is 1. The van der Waals surface area contributed by atoms with Crippen LogP contribution in [0.5, 0.6) is 0 Å². The van der Waals surface area contributed by atoms with Crippen LogP contribution in [-0.2, 0) is 0 Å². The molecule has 2 unspecified atom stereocenters. The average molecular weight is 170 g/mol. The second-order valence-electron chi connectivity index (χ2n) is 2.78. The molecule has 0 aromatic rings. The third-order valence-corrected chi connectivity index (χ3v) is 2.18. The second kappa shape index (κ2) is 4.69. The first-order valence-corrected chi connectivity index (χ1v) is 4.91.